The molecule has 1 rings (SSSR count). The number of rotatable bonds is 4. The molecule has 0 amide bonds. The van der Waals surface area contributed by atoms with E-state index in [1.807, 2.05) is 6.92 Å². The Morgan fingerprint density at radius 2 is 2.18 bits per heavy atom. The summed E-state index contributed by atoms with van der Waals surface area (Å²) in [6.07, 6.45) is 3.71. The van der Waals surface area contributed by atoms with Gasteiger partial charge in [0.15, 0.2) is 0 Å². The van der Waals surface area contributed by atoms with Crippen molar-refractivity contribution in [2.24, 2.45) is 5.92 Å². The second kappa shape index (κ2) is 3.55. The van der Waals surface area contributed by atoms with Crippen molar-refractivity contribution in [2.45, 2.75) is 38.7 Å². The topological polar surface area (TPSA) is 32.3 Å². The lowest BCUT2D eigenvalue weighted by Crippen LogP contribution is -2.46. The molecule has 2 nitrogen and oxygen atoms in total. The Morgan fingerprint density at radius 3 is 2.55 bits per heavy atom. The van der Waals surface area contributed by atoms with E-state index in [2.05, 4.69) is 12.2 Å². The van der Waals surface area contributed by atoms with E-state index in [4.69, 9.17) is 0 Å². The number of hydrogen-bond donors (Lipinski definition) is 2. The van der Waals surface area contributed by atoms with Crippen LogP contribution >= 0.6 is 0 Å². The number of hydrogen-bond acceptors (Lipinski definition) is 2. The number of likely N-dealkylation sites (N-methyl/N-ethyl adjacent to an activating group) is 1. The first-order valence-electron chi connectivity index (χ1n) is 4.60. The van der Waals surface area contributed by atoms with Crippen LogP contribution < -0.4 is 5.32 Å². The fourth-order valence-electron chi connectivity index (χ4n) is 1.55. The molecule has 0 spiro atoms. The molecule has 0 radical (unpaired) electrons. The Hall–Kier alpha value is -0.0800. The minimum absolute atomic E-state index is 0.464. The fourth-order valence-corrected chi connectivity index (χ4v) is 1.55. The highest BCUT2D eigenvalue weighted by Crippen LogP contribution is 2.35. The molecule has 66 valence electrons. The zero-order chi connectivity index (χ0) is 8.32. The summed E-state index contributed by atoms with van der Waals surface area (Å²) in [5.74, 6) is 0.543. The Labute approximate surface area is 69.0 Å². The summed E-state index contributed by atoms with van der Waals surface area (Å²) < 4.78 is 0. The third-order valence-corrected chi connectivity index (χ3v) is 2.72. The average molecular weight is 157 g/mol. The number of aliphatic hydroxyl groups is 1. The molecule has 2 N–H and O–H groups in total. The van der Waals surface area contributed by atoms with Gasteiger partial charge in [0.25, 0.3) is 0 Å². The first-order valence-corrected chi connectivity index (χ1v) is 4.60. The van der Waals surface area contributed by atoms with Crippen LogP contribution in [0.3, 0.4) is 0 Å². The number of nitrogens with one attached hydrogen (secondary N) is 1. The monoisotopic (exact) mass is 157 g/mol. The molecule has 1 unspecified atom stereocenters. The van der Waals surface area contributed by atoms with Crippen molar-refractivity contribution in [3.8, 4) is 0 Å². The molecule has 0 bridgehead atoms. The van der Waals surface area contributed by atoms with Crippen LogP contribution in [-0.4, -0.2) is 23.8 Å². The van der Waals surface area contributed by atoms with Crippen molar-refractivity contribution in [1.82, 2.24) is 5.32 Å². The second-order valence-corrected chi connectivity index (χ2v) is 3.77. The highest BCUT2D eigenvalue weighted by molar-refractivity contribution is 4.88. The van der Waals surface area contributed by atoms with Gasteiger partial charge in [0, 0.05) is 6.54 Å². The van der Waals surface area contributed by atoms with Crippen molar-refractivity contribution in [2.75, 3.05) is 13.1 Å². The molecule has 0 aromatic heterocycles. The maximum atomic E-state index is 9.90. The Kier molecular flexibility index (Phi) is 2.90. The van der Waals surface area contributed by atoms with Crippen molar-refractivity contribution < 1.29 is 5.11 Å². The predicted molar refractivity (Wildman–Crippen MR) is 46.5 cm³/mol. The molecule has 1 aliphatic carbocycles. The van der Waals surface area contributed by atoms with Gasteiger partial charge in [0.2, 0.25) is 0 Å². The summed E-state index contributed by atoms with van der Waals surface area (Å²) in [5.41, 5.74) is -0.464. The van der Waals surface area contributed by atoms with Crippen LogP contribution in [0, 0.1) is 5.92 Å². The summed E-state index contributed by atoms with van der Waals surface area (Å²) in [4.78, 5) is 0. The second-order valence-electron chi connectivity index (χ2n) is 3.77. The molecule has 11 heavy (non-hydrogen) atoms. The van der Waals surface area contributed by atoms with E-state index in [0.29, 0.717) is 5.92 Å². The molecule has 1 saturated carbocycles. The van der Waals surface area contributed by atoms with Crippen LogP contribution in [0.25, 0.3) is 0 Å². The lowest BCUT2D eigenvalue weighted by atomic mass is 9.74. The minimum atomic E-state index is -0.464. The standard InChI is InChI=1S/C9H19NO/c1-3-10-7-9(2,11)8-5-4-6-8/h8,10-11H,3-7H2,1-2H3. The Morgan fingerprint density at radius 1 is 1.55 bits per heavy atom. The molecule has 0 aromatic rings. The van der Waals surface area contributed by atoms with Gasteiger partial charge in [-0.1, -0.05) is 13.3 Å². The Bertz CT molecular complexity index is 119. The lowest BCUT2D eigenvalue weighted by molar-refractivity contribution is -0.0326. The van der Waals surface area contributed by atoms with Gasteiger partial charge in [0.05, 0.1) is 5.60 Å². The molecule has 1 fully saturated rings. The molecule has 1 aliphatic rings. The molecule has 0 aliphatic heterocycles. The van der Waals surface area contributed by atoms with Crippen LogP contribution in [0.2, 0.25) is 0 Å². The highest BCUT2D eigenvalue weighted by atomic mass is 16.3. The van der Waals surface area contributed by atoms with Crippen molar-refractivity contribution in [3.63, 3.8) is 0 Å². The predicted octanol–water partition coefficient (Wildman–Crippen LogP) is 1.15. The Balaban J connectivity index is 2.25. The van der Waals surface area contributed by atoms with Gasteiger partial charge in [-0.3, -0.25) is 0 Å². The quantitative estimate of drug-likeness (QED) is 0.641. The van der Waals surface area contributed by atoms with Crippen LogP contribution in [0.4, 0.5) is 0 Å². The van der Waals surface area contributed by atoms with Crippen LogP contribution in [-0.2, 0) is 0 Å². The molecule has 0 saturated heterocycles. The first kappa shape index (κ1) is 9.01. The van der Waals surface area contributed by atoms with Gasteiger partial charge < -0.3 is 10.4 Å². The zero-order valence-corrected chi connectivity index (χ0v) is 7.56. The van der Waals surface area contributed by atoms with E-state index in [9.17, 15) is 5.11 Å². The van der Waals surface area contributed by atoms with Crippen LogP contribution in [0.15, 0.2) is 0 Å². The van der Waals surface area contributed by atoms with Crippen molar-refractivity contribution >= 4 is 0 Å². The van der Waals surface area contributed by atoms with Crippen LogP contribution in [0.1, 0.15) is 33.1 Å². The van der Waals surface area contributed by atoms with Gasteiger partial charge in [-0.25, -0.2) is 0 Å². The largest absolute Gasteiger partial charge is 0.389 e. The molecule has 1 atom stereocenters. The molecule has 2 heteroatoms. The van der Waals surface area contributed by atoms with E-state index < -0.39 is 5.60 Å². The van der Waals surface area contributed by atoms with Gasteiger partial charge in [0.1, 0.15) is 0 Å². The minimum Gasteiger partial charge on any atom is -0.389 e. The molecule has 0 heterocycles. The van der Waals surface area contributed by atoms with Crippen molar-refractivity contribution in [3.05, 3.63) is 0 Å². The smallest absolute Gasteiger partial charge is 0.0771 e. The summed E-state index contributed by atoms with van der Waals surface area (Å²) in [6, 6.07) is 0. The van der Waals surface area contributed by atoms with Crippen molar-refractivity contribution in [1.29, 1.82) is 0 Å². The van der Waals surface area contributed by atoms with Crippen LogP contribution in [0.5, 0.6) is 0 Å². The average Bonchev–Trinajstić information content (AvgIpc) is 1.78. The van der Waals surface area contributed by atoms with E-state index in [1.165, 1.54) is 19.3 Å². The van der Waals surface area contributed by atoms with E-state index in [-0.39, 0.29) is 0 Å². The third-order valence-electron chi connectivity index (χ3n) is 2.72. The van der Waals surface area contributed by atoms with Gasteiger partial charge >= 0.3 is 0 Å². The maximum Gasteiger partial charge on any atom is 0.0771 e. The summed E-state index contributed by atoms with van der Waals surface area (Å²) >= 11 is 0. The molecular weight excluding hydrogens is 138 g/mol. The molecule has 0 aromatic carbocycles. The van der Waals surface area contributed by atoms with Gasteiger partial charge in [-0.2, -0.15) is 0 Å². The summed E-state index contributed by atoms with van der Waals surface area (Å²) in [6.45, 7) is 5.70. The van der Waals surface area contributed by atoms with E-state index >= 15 is 0 Å². The van der Waals surface area contributed by atoms with E-state index in [1.54, 1.807) is 0 Å². The normalized spacial score (nSPS) is 24.3. The highest BCUT2D eigenvalue weighted by Gasteiger charge is 2.35. The SMILES string of the molecule is CCNCC(C)(O)C1CCC1. The summed E-state index contributed by atoms with van der Waals surface area (Å²) in [5, 5.41) is 13.1. The third kappa shape index (κ3) is 2.17. The van der Waals surface area contributed by atoms with E-state index in [0.717, 1.165) is 13.1 Å². The first-order chi connectivity index (χ1) is 5.17. The summed E-state index contributed by atoms with van der Waals surface area (Å²) in [7, 11) is 0. The molecular formula is C9H19NO. The van der Waals surface area contributed by atoms with Gasteiger partial charge in [-0.15, -0.1) is 0 Å². The lowest BCUT2D eigenvalue weighted by Gasteiger charge is -2.39. The maximum absolute atomic E-state index is 9.90. The fraction of sp³-hybridized carbons (Fsp3) is 1.00. The van der Waals surface area contributed by atoms with Gasteiger partial charge in [-0.05, 0) is 32.2 Å². The zero-order valence-electron chi connectivity index (χ0n) is 7.56.